The largest absolute Gasteiger partial charge is 0.240 e. The van der Waals surface area contributed by atoms with E-state index in [1.807, 2.05) is 25.1 Å². The highest BCUT2D eigenvalue weighted by Gasteiger charge is 2.14. The van der Waals surface area contributed by atoms with Crippen LogP contribution in [0.15, 0.2) is 59.5 Å². The standard InChI is InChI=1S/C21H25NO2S/c1-17-11-13-20(14-12-17)25(23,24)22-16-15-19-9-5-6-10-21(19)18-7-3-2-4-8-18/h5-7,9-14,22H,2-4,8,15-16H2,1H3. The van der Waals surface area contributed by atoms with Crippen LogP contribution in [0.25, 0.3) is 5.57 Å². The molecular formula is C21H25NO2S. The Morgan fingerprint density at radius 1 is 1.00 bits per heavy atom. The number of hydrogen-bond acceptors (Lipinski definition) is 2. The maximum absolute atomic E-state index is 12.4. The number of rotatable bonds is 6. The second-order valence-corrected chi connectivity index (χ2v) is 8.36. The Morgan fingerprint density at radius 3 is 2.48 bits per heavy atom. The molecule has 1 aliphatic rings. The molecule has 4 heteroatoms. The van der Waals surface area contributed by atoms with Gasteiger partial charge in [0.25, 0.3) is 0 Å². The first-order chi connectivity index (χ1) is 12.1. The predicted molar refractivity (Wildman–Crippen MR) is 103 cm³/mol. The lowest BCUT2D eigenvalue weighted by atomic mass is 9.90. The Labute approximate surface area is 150 Å². The molecule has 1 aliphatic carbocycles. The highest BCUT2D eigenvalue weighted by Crippen LogP contribution is 2.29. The van der Waals surface area contributed by atoms with Crippen molar-refractivity contribution in [2.75, 3.05) is 6.54 Å². The summed E-state index contributed by atoms with van der Waals surface area (Å²) in [6, 6.07) is 15.3. The van der Waals surface area contributed by atoms with E-state index in [0.29, 0.717) is 17.9 Å². The zero-order valence-electron chi connectivity index (χ0n) is 14.7. The quantitative estimate of drug-likeness (QED) is 0.831. The zero-order chi connectivity index (χ0) is 17.7. The Morgan fingerprint density at radius 2 is 1.76 bits per heavy atom. The number of aryl methyl sites for hydroxylation is 1. The van der Waals surface area contributed by atoms with Gasteiger partial charge in [0.05, 0.1) is 4.90 Å². The first-order valence-electron chi connectivity index (χ1n) is 8.90. The van der Waals surface area contributed by atoms with Gasteiger partial charge < -0.3 is 0 Å². The fraction of sp³-hybridized carbons (Fsp3) is 0.333. The van der Waals surface area contributed by atoms with Gasteiger partial charge in [0.2, 0.25) is 10.0 Å². The van der Waals surface area contributed by atoms with Crippen LogP contribution in [0.2, 0.25) is 0 Å². The Balaban J connectivity index is 1.68. The first kappa shape index (κ1) is 17.9. The highest BCUT2D eigenvalue weighted by atomic mass is 32.2. The van der Waals surface area contributed by atoms with Gasteiger partial charge in [-0.05, 0) is 67.9 Å². The number of benzene rings is 2. The van der Waals surface area contributed by atoms with E-state index >= 15 is 0 Å². The van der Waals surface area contributed by atoms with Crippen molar-refractivity contribution in [3.05, 3.63) is 71.3 Å². The van der Waals surface area contributed by atoms with Crippen molar-refractivity contribution in [2.24, 2.45) is 0 Å². The molecule has 0 saturated heterocycles. The van der Waals surface area contributed by atoms with E-state index in [2.05, 4.69) is 29.0 Å². The van der Waals surface area contributed by atoms with Crippen LogP contribution in [0.3, 0.4) is 0 Å². The summed E-state index contributed by atoms with van der Waals surface area (Å²) >= 11 is 0. The Hall–Kier alpha value is -1.91. The zero-order valence-corrected chi connectivity index (χ0v) is 15.5. The van der Waals surface area contributed by atoms with Crippen molar-refractivity contribution in [2.45, 2.75) is 43.9 Å². The molecular weight excluding hydrogens is 330 g/mol. The molecule has 0 heterocycles. The molecule has 0 aliphatic heterocycles. The molecule has 0 atom stereocenters. The van der Waals surface area contributed by atoms with Crippen LogP contribution < -0.4 is 4.72 Å². The summed E-state index contributed by atoms with van der Waals surface area (Å²) in [4.78, 5) is 0.321. The van der Waals surface area contributed by atoms with Gasteiger partial charge in [0.15, 0.2) is 0 Å². The summed E-state index contributed by atoms with van der Waals surface area (Å²) in [6.45, 7) is 2.35. The van der Waals surface area contributed by atoms with Crippen molar-refractivity contribution < 1.29 is 8.42 Å². The van der Waals surface area contributed by atoms with Gasteiger partial charge in [0.1, 0.15) is 0 Å². The van der Waals surface area contributed by atoms with Gasteiger partial charge >= 0.3 is 0 Å². The SMILES string of the molecule is Cc1ccc(S(=O)(=O)NCCc2ccccc2C2=CCCCC2)cc1. The molecule has 25 heavy (non-hydrogen) atoms. The summed E-state index contributed by atoms with van der Waals surface area (Å²) in [6.07, 6.45) is 7.79. The van der Waals surface area contributed by atoms with E-state index in [1.54, 1.807) is 12.1 Å². The second-order valence-electron chi connectivity index (χ2n) is 6.59. The summed E-state index contributed by atoms with van der Waals surface area (Å²) in [7, 11) is -3.45. The molecule has 0 spiro atoms. The molecule has 0 unspecified atom stereocenters. The molecule has 0 bridgehead atoms. The third kappa shape index (κ3) is 4.59. The minimum absolute atomic E-state index is 0.321. The molecule has 0 radical (unpaired) electrons. The van der Waals surface area contributed by atoms with E-state index in [9.17, 15) is 8.42 Å². The second kappa shape index (κ2) is 7.98. The smallest absolute Gasteiger partial charge is 0.211 e. The van der Waals surface area contributed by atoms with E-state index in [0.717, 1.165) is 18.4 Å². The van der Waals surface area contributed by atoms with Crippen molar-refractivity contribution in [3.8, 4) is 0 Å². The maximum Gasteiger partial charge on any atom is 0.240 e. The van der Waals surface area contributed by atoms with E-state index < -0.39 is 10.0 Å². The van der Waals surface area contributed by atoms with Crippen molar-refractivity contribution in [3.63, 3.8) is 0 Å². The molecule has 1 N–H and O–H groups in total. The number of allylic oxidation sites excluding steroid dienone is 2. The van der Waals surface area contributed by atoms with Crippen molar-refractivity contribution >= 4 is 15.6 Å². The van der Waals surface area contributed by atoms with Crippen LogP contribution in [0.5, 0.6) is 0 Å². The average molecular weight is 356 g/mol. The molecule has 3 nitrogen and oxygen atoms in total. The van der Waals surface area contributed by atoms with Crippen LogP contribution in [0.1, 0.15) is 42.4 Å². The fourth-order valence-electron chi connectivity index (χ4n) is 3.26. The minimum atomic E-state index is -3.45. The van der Waals surface area contributed by atoms with Gasteiger partial charge in [-0.1, -0.05) is 48.0 Å². The van der Waals surface area contributed by atoms with E-state index in [-0.39, 0.29) is 0 Å². The normalized spacial score (nSPS) is 15.0. The average Bonchev–Trinajstić information content (AvgIpc) is 2.63. The summed E-state index contributed by atoms with van der Waals surface area (Å²) in [5.74, 6) is 0. The van der Waals surface area contributed by atoms with E-state index in [4.69, 9.17) is 0 Å². The predicted octanol–water partition coefficient (Wildman–Crippen LogP) is 4.47. The van der Waals surface area contributed by atoms with Crippen LogP contribution >= 0.6 is 0 Å². The molecule has 2 aromatic rings. The summed E-state index contributed by atoms with van der Waals surface area (Å²) < 4.78 is 27.5. The molecule has 0 fully saturated rings. The Kier molecular flexibility index (Phi) is 5.71. The highest BCUT2D eigenvalue weighted by molar-refractivity contribution is 7.89. The third-order valence-electron chi connectivity index (χ3n) is 4.67. The summed E-state index contributed by atoms with van der Waals surface area (Å²) in [5.41, 5.74) is 4.94. The van der Waals surface area contributed by atoms with Crippen LogP contribution in [0.4, 0.5) is 0 Å². The lowest BCUT2D eigenvalue weighted by Crippen LogP contribution is -2.26. The fourth-order valence-corrected chi connectivity index (χ4v) is 4.29. The monoisotopic (exact) mass is 355 g/mol. The van der Waals surface area contributed by atoms with Gasteiger partial charge in [-0.3, -0.25) is 0 Å². The van der Waals surface area contributed by atoms with E-state index in [1.165, 1.54) is 29.5 Å². The number of nitrogens with one attached hydrogen (secondary N) is 1. The molecule has 0 aromatic heterocycles. The third-order valence-corrected chi connectivity index (χ3v) is 6.15. The topological polar surface area (TPSA) is 46.2 Å². The van der Waals surface area contributed by atoms with Gasteiger partial charge in [-0.25, -0.2) is 13.1 Å². The summed E-state index contributed by atoms with van der Waals surface area (Å²) in [5, 5.41) is 0. The Bertz CT molecular complexity index is 852. The lowest BCUT2D eigenvalue weighted by Gasteiger charge is -2.17. The lowest BCUT2D eigenvalue weighted by molar-refractivity contribution is 0.581. The molecule has 3 rings (SSSR count). The van der Waals surface area contributed by atoms with Gasteiger partial charge in [-0.15, -0.1) is 0 Å². The number of hydrogen-bond donors (Lipinski definition) is 1. The molecule has 132 valence electrons. The molecule has 0 saturated carbocycles. The minimum Gasteiger partial charge on any atom is -0.211 e. The first-order valence-corrected chi connectivity index (χ1v) is 10.4. The van der Waals surface area contributed by atoms with Gasteiger partial charge in [-0.2, -0.15) is 0 Å². The van der Waals surface area contributed by atoms with Crippen LogP contribution in [-0.4, -0.2) is 15.0 Å². The van der Waals surface area contributed by atoms with Crippen molar-refractivity contribution in [1.82, 2.24) is 4.72 Å². The van der Waals surface area contributed by atoms with Crippen molar-refractivity contribution in [1.29, 1.82) is 0 Å². The molecule has 2 aromatic carbocycles. The van der Waals surface area contributed by atoms with Crippen LogP contribution in [-0.2, 0) is 16.4 Å². The maximum atomic E-state index is 12.4. The number of sulfonamides is 1. The molecule has 0 amide bonds. The van der Waals surface area contributed by atoms with Gasteiger partial charge in [0, 0.05) is 6.54 Å². The van der Waals surface area contributed by atoms with Crippen LogP contribution in [0, 0.1) is 6.92 Å².